The van der Waals surface area contributed by atoms with Gasteiger partial charge in [0.25, 0.3) is 0 Å². The highest BCUT2D eigenvalue weighted by Gasteiger charge is 2.18. The lowest BCUT2D eigenvalue weighted by atomic mass is 10.1. The molecular weight excluding hydrogens is 232 g/mol. The number of likely N-dealkylation sites (N-methyl/N-ethyl adjacent to an activating group) is 2. The van der Waals surface area contributed by atoms with E-state index in [2.05, 4.69) is 5.32 Å². The number of carbonyl (C=O) groups excluding carboxylic acids is 1. The Hall–Kier alpha value is -1.75. The molecule has 5 nitrogen and oxygen atoms in total. The summed E-state index contributed by atoms with van der Waals surface area (Å²) in [7, 11) is 6.66. The van der Waals surface area contributed by atoms with Crippen molar-refractivity contribution < 1.29 is 14.3 Å². The fourth-order valence-electron chi connectivity index (χ4n) is 1.81. The van der Waals surface area contributed by atoms with Crippen LogP contribution in [0, 0.1) is 6.92 Å². The normalized spacial score (nSPS) is 10.1. The van der Waals surface area contributed by atoms with E-state index in [0.29, 0.717) is 5.75 Å². The Morgan fingerprint density at radius 2 is 2.00 bits per heavy atom. The van der Waals surface area contributed by atoms with Crippen LogP contribution >= 0.6 is 0 Å². The quantitative estimate of drug-likeness (QED) is 0.855. The van der Waals surface area contributed by atoms with E-state index >= 15 is 0 Å². The molecule has 1 N–H and O–H groups in total. The van der Waals surface area contributed by atoms with Gasteiger partial charge in [-0.05, 0) is 26.1 Å². The highest BCUT2D eigenvalue weighted by molar-refractivity contribution is 5.96. The number of nitrogens with zero attached hydrogens (tertiary/aromatic N) is 1. The number of anilines is 1. The van der Waals surface area contributed by atoms with Gasteiger partial charge in [-0.15, -0.1) is 0 Å². The van der Waals surface area contributed by atoms with E-state index in [1.165, 1.54) is 0 Å². The number of carbonyl (C=O) groups is 1. The van der Waals surface area contributed by atoms with Crippen molar-refractivity contribution in [2.24, 2.45) is 0 Å². The van der Waals surface area contributed by atoms with Crippen molar-refractivity contribution in [2.45, 2.75) is 6.92 Å². The third-order valence-electron chi connectivity index (χ3n) is 2.82. The molecule has 0 atom stereocenters. The van der Waals surface area contributed by atoms with Gasteiger partial charge in [0.1, 0.15) is 11.5 Å². The third-order valence-corrected chi connectivity index (χ3v) is 2.82. The summed E-state index contributed by atoms with van der Waals surface area (Å²) >= 11 is 0. The van der Waals surface area contributed by atoms with Gasteiger partial charge < -0.3 is 19.7 Å². The first-order valence-corrected chi connectivity index (χ1v) is 5.69. The molecule has 0 spiro atoms. The first kappa shape index (κ1) is 14.3. The molecular formula is C13H20N2O3. The zero-order valence-electron chi connectivity index (χ0n) is 11.5. The Bertz CT molecular complexity index is 432. The summed E-state index contributed by atoms with van der Waals surface area (Å²) < 4.78 is 10.6. The number of ether oxygens (including phenoxy) is 2. The van der Waals surface area contributed by atoms with Gasteiger partial charge in [0.2, 0.25) is 5.91 Å². The van der Waals surface area contributed by atoms with Gasteiger partial charge in [-0.3, -0.25) is 4.79 Å². The molecule has 0 unspecified atom stereocenters. The summed E-state index contributed by atoms with van der Waals surface area (Å²) in [4.78, 5) is 13.4. The number of nitrogens with one attached hydrogen (secondary N) is 1. The number of methoxy groups -OCH3 is 2. The molecule has 0 aromatic heterocycles. The standard InChI is InChI=1S/C13H20N2O3/c1-9-11(17-4)7-6-10(13(9)18-5)15(3)12(16)8-14-2/h6-7,14H,8H2,1-5H3. The molecule has 18 heavy (non-hydrogen) atoms. The van der Waals surface area contributed by atoms with Crippen molar-refractivity contribution >= 4 is 11.6 Å². The Kier molecular flexibility index (Phi) is 4.97. The molecule has 0 radical (unpaired) electrons. The Morgan fingerprint density at radius 3 is 2.50 bits per heavy atom. The van der Waals surface area contributed by atoms with Crippen LogP contribution in [0.25, 0.3) is 0 Å². The van der Waals surface area contributed by atoms with Gasteiger partial charge in [0.15, 0.2) is 0 Å². The second-order valence-corrected chi connectivity index (χ2v) is 3.93. The van der Waals surface area contributed by atoms with Crippen molar-refractivity contribution in [3.63, 3.8) is 0 Å². The van der Waals surface area contributed by atoms with Gasteiger partial charge >= 0.3 is 0 Å². The maximum atomic E-state index is 11.9. The van der Waals surface area contributed by atoms with E-state index in [1.807, 2.05) is 19.1 Å². The van der Waals surface area contributed by atoms with Gasteiger partial charge in [0.05, 0.1) is 26.5 Å². The molecule has 1 aromatic carbocycles. The van der Waals surface area contributed by atoms with Crippen LogP contribution in [0.4, 0.5) is 5.69 Å². The van der Waals surface area contributed by atoms with Crippen LogP contribution in [0.3, 0.4) is 0 Å². The number of amides is 1. The minimum Gasteiger partial charge on any atom is -0.496 e. The van der Waals surface area contributed by atoms with Crippen molar-refractivity contribution in [1.82, 2.24) is 5.32 Å². The molecule has 0 bridgehead atoms. The lowest BCUT2D eigenvalue weighted by Crippen LogP contribution is -2.34. The molecule has 1 rings (SSSR count). The van der Waals surface area contributed by atoms with E-state index in [4.69, 9.17) is 9.47 Å². The summed E-state index contributed by atoms with van der Waals surface area (Å²) in [5, 5.41) is 2.84. The molecule has 0 saturated heterocycles. The van der Waals surface area contributed by atoms with E-state index in [1.54, 1.807) is 33.2 Å². The predicted octanol–water partition coefficient (Wildman–Crippen LogP) is 1.19. The van der Waals surface area contributed by atoms with Crippen molar-refractivity contribution in [3.05, 3.63) is 17.7 Å². The Balaban J connectivity index is 3.16. The fraction of sp³-hybridized carbons (Fsp3) is 0.462. The lowest BCUT2D eigenvalue weighted by molar-refractivity contribution is -0.117. The topological polar surface area (TPSA) is 50.8 Å². The van der Waals surface area contributed by atoms with Crippen LogP contribution in [0.15, 0.2) is 12.1 Å². The number of hydrogen-bond donors (Lipinski definition) is 1. The maximum absolute atomic E-state index is 11.9. The van der Waals surface area contributed by atoms with Gasteiger partial charge in [0, 0.05) is 12.6 Å². The SMILES string of the molecule is CNCC(=O)N(C)c1ccc(OC)c(C)c1OC. The van der Waals surface area contributed by atoms with Gasteiger partial charge in [-0.25, -0.2) is 0 Å². The molecule has 100 valence electrons. The number of benzene rings is 1. The smallest absolute Gasteiger partial charge is 0.240 e. The average Bonchev–Trinajstić information content (AvgIpc) is 2.37. The van der Waals surface area contributed by atoms with Crippen LogP contribution in [-0.4, -0.2) is 40.8 Å². The molecule has 0 aliphatic heterocycles. The zero-order chi connectivity index (χ0) is 13.7. The molecule has 1 amide bonds. The molecule has 0 aliphatic carbocycles. The average molecular weight is 252 g/mol. The predicted molar refractivity (Wildman–Crippen MR) is 71.6 cm³/mol. The zero-order valence-corrected chi connectivity index (χ0v) is 11.5. The van der Waals surface area contributed by atoms with Crippen LogP contribution in [0.2, 0.25) is 0 Å². The van der Waals surface area contributed by atoms with Crippen molar-refractivity contribution in [2.75, 3.05) is 39.8 Å². The van der Waals surface area contributed by atoms with Crippen LogP contribution in [0.5, 0.6) is 11.5 Å². The van der Waals surface area contributed by atoms with Crippen LogP contribution < -0.4 is 19.7 Å². The molecule has 0 saturated carbocycles. The first-order chi connectivity index (χ1) is 8.56. The van der Waals surface area contributed by atoms with E-state index in [0.717, 1.165) is 17.0 Å². The summed E-state index contributed by atoms with van der Waals surface area (Å²) in [5.41, 5.74) is 1.61. The summed E-state index contributed by atoms with van der Waals surface area (Å²) in [5.74, 6) is 1.37. The lowest BCUT2D eigenvalue weighted by Gasteiger charge is -2.22. The van der Waals surface area contributed by atoms with Crippen LogP contribution in [-0.2, 0) is 4.79 Å². The Morgan fingerprint density at radius 1 is 1.33 bits per heavy atom. The Labute approximate surface area is 108 Å². The molecule has 1 aromatic rings. The summed E-state index contributed by atoms with van der Waals surface area (Å²) in [6, 6.07) is 3.65. The fourth-order valence-corrected chi connectivity index (χ4v) is 1.81. The highest BCUT2D eigenvalue weighted by atomic mass is 16.5. The van der Waals surface area contributed by atoms with Gasteiger partial charge in [-0.1, -0.05) is 0 Å². The summed E-state index contributed by atoms with van der Waals surface area (Å²) in [6.07, 6.45) is 0. The largest absolute Gasteiger partial charge is 0.496 e. The minimum atomic E-state index is -0.0274. The van der Waals surface area contributed by atoms with E-state index in [9.17, 15) is 4.79 Å². The molecule has 0 fully saturated rings. The second-order valence-electron chi connectivity index (χ2n) is 3.93. The molecule has 0 heterocycles. The first-order valence-electron chi connectivity index (χ1n) is 5.69. The highest BCUT2D eigenvalue weighted by Crippen LogP contribution is 2.36. The van der Waals surface area contributed by atoms with Crippen molar-refractivity contribution in [1.29, 1.82) is 0 Å². The minimum absolute atomic E-state index is 0.0274. The third kappa shape index (κ3) is 2.73. The molecule has 0 aliphatic rings. The monoisotopic (exact) mass is 252 g/mol. The molecule has 5 heteroatoms. The van der Waals surface area contributed by atoms with Gasteiger partial charge in [-0.2, -0.15) is 0 Å². The van der Waals surface area contributed by atoms with E-state index < -0.39 is 0 Å². The maximum Gasteiger partial charge on any atom is 0.240 e. The summed E-state index contributed by atoms with van der Waals surface area (Å²) in [6.45, 7) is 2.18. The van der Waals surface area contributed by atoms with Crippen molar-refractivity contribution in [3.8, 4) is 11.5 Å². The number of rotatable bonds is 5. The van der Waals surface area contributed by atoms with Crippen LogP contribution in [0.1, 0.15) is 5.56 Å². The van der Waals surface area contributed by atoms with E-state index in [-0.39, 0.29) is 12.5 Å². The second kappa shape index (κ2) is 6.26. The number of hydrogen-bond acceptors (Lipinski definition) is 4.